The van der Waals surface area contributed by atoms with Crippen molar-refractivity contribution in [3.63, 3.8) is 0 Å². The zero-order valence-corrected chi connectivity index (χ0v) is 4.32. The van der Waals surface area contributed by atoms with Crippen molar-refractivity contribution in [3.05, 3.63) is 30.9 Å². The maximum Gasteiger partial charge on any atom is 0.142 e. The fourth-order valence-corrected chi connectivity index (χ4v) is 0.223. The van der Waals surface area contributed by atoms with Gasteiger partial charge in [0.1, 0.15) is 12.9 Å². The van der Waals surface area contributed by atoms with Crippen LogP contribution in [0.5, 0.6) is 0 Å². The second-order valence-corrected chi connectivity index (χ2v) is 1.05. The minimum atomic E-state index is 0.668. The molecule has 0 saturated heterocycles. The molecule has 0 aromatic rings. The lowest BCUT2D eigenvalue weighted by Gasteiger charge is -1.69. The number of rotatable bonds is 3. The van der Waals surface area contributed by atoms with Crippen LogP contribution < -0.4 is 0 Å². The highest BCUT2D eigenvalue weighted by Gasteiger charge is 1.62. The number of aliphatic hydroxyl groups excluding tert-OH is 1. The zero-order chi connectivity index (χ0) is 6.24. The number of hydrogen-bond acceptors (Lipinski definition) is 2. The molecule has 0 heterocycles. The molecular weight excluding hydrogens is 104 g/mol. The van der Waals surface area contributed by atoms with E-state index in [1.807, 2.05) is 0 Å². The first-order chi connectivity index (χ1) is 3.91. The van der Waals surface area contributed by atoms with Crippen molar-refractivity contribution >= 4 is 6.29 Å². The third kappa shape index (κ3) is 5.11. The molecular formula is C6H7O2. The minimum Gasteiger partial charge on any atom is -0.386 e. The Bertz CT molecular complexity index is 103. The topological polar surface area (TPSA) is 37.3 Å². The average Bonchev–Trinajstić information content (AvgIpc) is 1.81. The van der Waals surface area contributed by atoms with Crippen LogP contribution in [0.3, 0.4) is 0 Å². The summed E-state index contributed by atoms with van der Waals surface area (Å²) in [4.78, 5) is 9.57. The number of hydrogen-bond donors (Lipinski definition) is 1. The summed E-state index contributed by atoms with van der Waals surface area (Å²) in [5.41, 5.74) is 0. The van der Waals surface area contributed by atoms with E-state index >= 15 is 0 Å². The van der Waals surface area contributed by atoms with Crippen molar-refractivity contribution in [3.8, 4) is 0 Å². The molecule has 0 saturated carbocycles. The van der Waals surface area contributed by atoms with Gasteiger partial charge in [0, 0.05) is 0 Å². The summed E-state index contributed by atoms with van der Waals surface area (Å²) in [5.74, 6) is 0. The molecule has 0 aromatic carbocycles. The van der Waals surface area contributed by atoms with Crippen LogP contribution in [-0.4, -0.2) is 11.4 Å². The first-order valence-corrected chi connectivity index (χ1v) is 2.16. The monoisotopic (exact) mass is 111 g/mol. The van der Waals surface area contributed by atoms with Gasteiger partial charge in [-0.05, 0) is 6.08 Å². The van der Waals surface area contributed by atoms with Crippen molar-refractivity contribution in [2.45, 2.75) is 0 Å². The highest BCUT2D eigenvalue weighted by atomic mass is 16.2. The van der Waals surface area contributed by atoms with Gasteiger partial charge in [-0.15, -0.1) is 0 Å². The zero-order valence-electron chi connectivity index (χ0n) is 4.32. The van der Waals surface area contributed by atoms with E-state index < -0.39 is 0 Å². The van der Waals surface area contributed by atoms with Crippen LogP contribution in [0.15, 0.2) is 24.3 Å². The van der Waals surface area contributed by atoms with E-state index in [1.165, 1.54) is 18.2 Å². The Kier molecular flexibility index (Phi) is 5.43. The second-order valence-electron chi connectivity index (χ2n) is 1.05. The molecule has 0 fully saturated rings. The molecule has 1 N–H and O–H groups in total. The van der Waals surface area contributed by atoms with Crippen molar-refractivity contribution < 1.29 is 9.90 Å². The highest BCUT2D eigenvalue weighted by Crippen LogP contribution is 1.75. The van der Waals surface area contributed by atoms with Crippen LogP contribution >= 0.6 is 0 Å². The van der Waals surface area contributed by atoms with E-state index in [4.69, 9.17) is 5.11 Å². The van der Waals surface area contributed by atoms with Gasteiger partial charge in [0.05, 0.1) is 0 Å². The van der Waals surface area contributed by atoms with Gasteiger partial charge in [-0.3, -0.25) is 4.79 Å². The van der Waals surface area contributed by atoms with E-state index in [0.717, 1.165) is 6.61 Å². The van der Waals surface area contributed by atoms with Gasteiger partial charge >= 0.3 is 0 Å². The van der Waals surface area contributed by atoms with Crippen LogP contribution in [0.25, 0.3) is 0 Å². The molecule has 0 aliphatic rings. The summed E-state index contributed by atoms with van der Waals surface area (Å²) in [6.45, 7) is 0.898. The van der Waals surface area contributed by atoms with Crippen molar-refractivity contribution in [2.24, 2.45) is 0 Å². The Balaban J connectivity index is 3.26. The predicted octanol–water partition coefficient (Wildman–Crippen LogP) is 0.832. The lowest BCUT2D eigenvalue weighted by atomic mass is 10.4. The van der Waals surface area contributed by atoms with E-state index in [9.17, 15) is 4.79 Å². The standard InChI is InChI=1S/C6H7O2/c7-5-3-1-2-4-6-8/h1-7H/b3-1+,4-2+. The quantitative estimate of drug-likeness (QED) is 0.333. The molecule has 0 spiro atoms. The second kappa shape index (κ2) is 6.11. The van der Waals surface area contributed by atoms with Gasteiger partial charge in [-0.25, -0.2) is 0 Å². The largest absolute Gasteiger partial charge is 0.386 e. The fraction of sp³-hybridized carbons (Fsp3) is 0. The number of aliphatic hydroxyl groups is 1. The Morgan fingerprint density at radius 3 is 2.12 bits per heavy atom. The lowest BCUT2D eigenvalue weighted by Crippen LogP contribution is -1.59. The summed E-state index contributed by atoms with van der Waals surface area (Å²) in [7, 11) is 0. The van der Waals surface area contributed by atoms with E-state index in [0.29, 0.717) is 6.29 Å². The maximum atomic E-state index is 9.57. The normalized spacial score (nSPS) is 11.1. The first kappa shape index (κ1) is 7.11. The van der Waals surface area contributed by atoms with Crippen LogP contribution in [0.4, 0.5) is 0 Å². The van der Waals surface area contributed by atoms with Crippen LogP contribution in [0.1, 0.15) is 0 Å². The Labute approximate surface area is 48.1 Å². The van der Waals surface area contributed by atoms with Crippen molar-refractivity contribution in [1.29, 1.82) is 0 Å². The summed E-state index contributed by atoms with van der Waals surface area (Å²) in [5, 5.41) is 8.03. The molecule has 0 amide bonds. The highest BCUT2D eigenvalue weighted by molar-refractivity contribution is 5.65. The summed E-state index contributed by atoms with van der Waals surface area (Å²) < 4.78 is 0. The van der Waals surface area contributed by atoms with Crippen LogP contribution in [0, 0.1) is 6.61 Å². The SMILES string of the molecule is O=C/C=C/C=C/[CH]O. The van der Waals surface area contributed by atoms with Gasteiger partial charge < -0.3 is 5.11 Å². The maximum absolute atomic E-state index is 9.57. The number of aldehydes is 1. The van der Waals surface area contributed by atoms with Crippen molar-refractivity contribution in [1.82, 2.24) is 0 Å². The van der Waals surface area contributed by atoms with Gasteiger partial charge in [0.25, 0.3) is 0 Å². The molecule has 1 radical (unpaired) electrons. The summed E-state index contributed by atoms with van der Waals surface area (Å²) >= 11 is 0. The van der Waals surface area contributed by atoms with Crippen molar-refractivity contribution in [2.75, 3.05) is 0 Å². The Hall–Kier alpha value is -0.890. The molecule has 0 bridgehead atoms. The third-order valence-electron chi connectivity index (χ3n) is 0.498. The average molecular weight is 111 g/mol. The summed E-state index contributed by atoms with van der Waals surface area (Å²) in [6, 6.07) is 0. The minimum absolute atomic E-state index is 0.668. The molecule has 8 heavy (non-hydrogen) atoms. The van der Waals surface area contributed by atoms with Gasteiger partial charge in [0.2, 0.25) is 0 Å². The molecule has 0 atom stereocenters. The fourth-order valence-electron chi connectivity index (χ4n) is 0.223. The summed E-state index contributed by atoms with van der Waals surface area (Å²) in [6.07, 6.45) is 6.50. The van der Waals surface area contributed by atoms with Gasteiger partial charge in [-0.2, -0.15) is 0 Å². The van der Waals surface area contributed by atoms with Crippen LogP contribution in [-0.2, 0) is 4.79 Å². The molecule has 2 heteroatoms. The molecule has 0 aliphatic heterocycles. The Morgan fingerprint density at radius 2 is 1.62 bits per heavy atom. The number of allylic oxidation sites excluding steroid dienone is 3. The predicted molar refractivity (Wildman–Crippen MR) is 30.6 cm³/mol. The van der Waals surface area contributed by atoms with Gasteiger partial charge in [0.15, 0.2) is 0 Å². The van der Waals surface area contributed by atoms with E-state index in [1.54, 1.807) is 6.08 Å². The third-order valence-corrected chi connectivity index (χ3v) is 0.498. The first-order valence-electron chi connectivity index (χ1n) is 2.16. The Morgan fingerprint density at radius 1 is 1.00 bits per heavy atom. The molecule has 43 valence electrons. The van der Waals surface area contributed by atoms with Crippen LogP contribution in [0.2, 0.25) is 0 Å². The van der Waals surface area contributed by atoms with E-state index in [2.05, 4.69) is 0 Å². The molecule has 0 rings (SSSR count). The molecule has 2 nitrogen and oxygen atoms in total. The van der Waals surface area contributed by atoms with Gasteiger partial charge in [-0.1, -0.05) is 18.2 Å². The number of carbonyl (C=O) groups excluding carboxylic acids is 1. The molecule has 0 unspecified atom stereocenters. The smallest absolute Gasteiger partial charge is 0.142 e. The molecule has 0 aliphatic carbocycles. The number of carbonyl (C=O) groups is 1. The molecule has 0 aromatic heterocycles. The van der Waals surface area contributed by atoms with E-state index in [-0.39, 0.29) is 0 Å². The lowest BCUT2D eigenvalue weighted by molar-refractivity contribution is -0.104.